The number of hydrogen-bond acceptors (Lipinski definition) is 11. The lowest BCUT2D eigenvalue weighted by Gasteiger charge is -2.47. The summed E-state index contributed by atoms with van der Waals surface area (Å²) in [4.78, 5) is 32.0. The molecule has 0 aromatic carbocycles. The minimum atomic E-state index is -6.20. The minimum absolute atomic E-state index is 0.110. The molecule has 13 nitrogen and oxygen atoms in total. The van der Waals surface area contributed by atoms with Crippen LogP contribution < -0.4 is 10.6 Å². The summed E-state index contributed by atoms with van der Waals surface area (Å²) in [7, 11) is -4.55. The normalized spacial score (nSPS) is 24.4. The summed E-state index contributed by atoms with van der Waals surface area (Å²) in [6.07, 6.45) is -10.3. The number of aliphatic hydroxyl groups is 1. The fraction of sp³-hybridized carbons (Fsp3) is 0.600. The topological polar surface area (TPSA) is 171 Å². The number of halogens is 6. The van der Waals surface area contributed by atoms with E-state index in [1.54, 1.807) is 18.7 Å². The molecule has 254 valence electrons. The number of nitrogens with one attached hydrogen (secondary N) is 2. The highest BCUT2D eigenvalue weighted by molar-refractivity contribution is 7.96. The molecule has 2 aliphatic heterocycles. The Morgan fingerprint density at radius 3 is 2.30 bits per heavy atom. The highest BCUT2D eigenvalue weighted by Gasteiger charge is 2.72. The Hall–Kier alpha value is -3.11. The van der Waals surface area contributed by atoms with Crippen LogP contribution in [-0.2, 0) is 26.0 Å². The predicted octanol–water partition coefficient (Wildman–Crippen LogP) is 1.49. The fourth-order valence-corrected chi connectivity index (χ4v) is 7.77. The van der Waals surface area contributed by atoms with Gasteiger partial charge in [-0.05, 0) is 12.0 Å². The van der Waals surface area contributed by atoms with Crippen LogP contribution in [0.3, 0.4) is 0 Å². The molecule has 0 saturated carbocycles. The van der Waals surface area contributed by atoms with Gasteiger partial charge in [-0.2, -0.15) is 30.6 Å². The molecule has 0 bridgehead atoms. The maximum absolute atomic E-state index is 13.9. The number of allylic oxidation sites excluding steroid dienone is 3. The van der Waals surface area contributed by atoms with Crippen molar-refractivity contribution < 1.29 is 49.6 Å². The fourth-order valence-electron chi connectivity index (χ4n) is 5.67. The Labute approximate surface area is 263 Å². The second kappa shape index (κ2) is 12.5. The second-order valence-electron chi connectivity index (χ2n) is 11.3. The third-order valence-corrected chi connectivity index (χ3v) is 10.4. The van der Waals surface area contributed by atoms with Crippen molar-refractivity contribution in [2.75, 3.05) is 39.3 Å². The monoisotopic (exact) mass is 701 g/mol. The number of piperazine rings is 2. The van der Waals surface area contributed by atoms with Gasteiger partial charge in [0.25, 0.3) is 11.3 Å². The zero-order chi connectivity index (χ0) is 34.5. The molecule has 1 aromatic heterocycles. The smallest absolute Gasteiger partial charge is 0.369 e. The van der Waals surface area contributed by atoms with Gasteiger partial charge in [0, 0.05) is 74.6 Å². The van der Waals surface area contributed by atoms with Crippen molar-refractivity contribution in [1.29, 1.82) is 0 Å². The van der Waals surface area contributed by atoms with Crippen molar-refractivity contribution in [3.63, 3.8) is 0 Å². The first kappa shape index (κ1) is 35.7. The Bertz CT molecular complexity index is 1550. The Kier molecular flexibility index (Phi) is 9.70. The first-order valence-corrected chi connectivity index (χ1v) is 15.6. The van der Waals surface area contributed by atoms with Crippen molar-refractivity contribution in [1.82, 2.24) is 29.8 Å². The van der Waals surface area contributed by atoms with Crippen LogP contribution in [0.5, 0.6) is 0 Å². The number of nitro groups is 1. The summed E-state index contributed by atoms with van der Waals surface area (Å²) in [5.74, 6) is -1.07. The van der Waals surface area contributed by atoms with E-state index in [1.165, 1.54) is 0 Å². The molecule has 46 heavy (non-hydrogen) atoms. The molecule has 1 amide bonds. The number of sulfonamides is 1. The number of hydrogen-bond donors (Lipinski definition) is 3. The number of alkyl halides is 6. The number of carbonyl (C=O) groups is 1. The number of thiocarbonyl (C=S) groups is 1. The Morgan fingerprint density at radius 2 is 1.76 bits per heavy atom. The predicted molar refractivity (Wildman–Crippen MR) is 152 cm³/mol. The minimum Gasteiger partial charge on any atom is -0.369 e. The lowest BCUT2D eigenvalue weighted by molar-refractivity contribution is -0.419. The van der Waals surface area contributed by atoms with E-state index in [-0.39, 0.29) is 68.2 Å². The van der Waals surface area contributed by atoms with Gasteiger partial charge in [-0.15, -0.1) is 0 Å². The maximum Gasteiger partial charge on any atom is 0.430 e. The summed E-state index contributed by atoms with van der Waals surface area (Å²) >= 11 is 5.19. The molecule has 1 unspecified atom stereocenters. The molecule has 0 radical (unpaired) electrons. The molecule has 4 rings (SSSR count). The maximum atomic E-state index is 13.9. The number of carbonyl (C=O) groups excluding carboxylic acids is 1. The van der Waals surface area contributed by atoms with Crippen molar-refractivity contribution in [3.05, 3.63) is 56.7 Å². The first-order chi connectivity index (χ1) is 21.2. The lowest BCUT2D eigenvalue weighted by atomic mass is 9.90. The van der Waals surface area contributed by atoms with E-state index in [2.05, 4.69) is 20.6 Å². The molecule has 2 atom stereocenters. The van der Waals surface area contributed by atoms with Gasteiger partial charge in [0.2, 0.25) is 15.9 Å². The van der Waals surface area contributed by atoms with E-state index >= 15 is 0 Å². The van der Waals surface area contributed by atoms with E-state index in [9.17, 15) is 54.8 Å². The summed E-state index contributed by atoms with van der Waals surface area (Å²) in [5.41, 5.74) is -9.27. The third kappa shape index (κ3) is 6.39. The van der Waals surface area contributed by atoms with Crippen LogP contribution in [0.15, 0.2) is 35.1 Å². The molecule has 2 fully saturated rings. The number of amides is 1. The average Bonchev–Trinajstić information content (AvgIpc) is 2.95. The van der Waals surface area contributed by atoms with Crippen LogP contribution in [0.2, 0.25) is 0 Å². The molecule has 21 heteroatoms. The summed E-state index contributed by atoms with van der Waals surface area (Å²) in [6, 6.07) is -0.763. The first-order valence-electron chi connectivity index (χ1n) is 13.7. The van der Waals surface area contributed by atoms with Gasteiger partial charge < -0.3 is 15.7 Å². The second-order valence-corrected chi connectivity index (χ2v) is 13.7. The molecule has 2 saturated heterocycles. The molecule has 1 aromatic rings. The number of nitrogens with zero attached hydrogens (tertiary/aromatic N) is 5. The van der Waals surface area contributed by atoms with Gasteiger partial charge in [-0.3, -0.25) is 19.8 Å². The summed E-state index contributed by atoms with van der Waals surface area (Å²) in [5, 5.41) is 27.0. The third-order valence-electron chi connectivity index (χ3n) is 7.93. The molecule has 0 spiro atoms. The van der Waals surface area contributed by atoms with E-state index in [4.69, 9.17) is 12.2 Å². The molecular formula is C25H29F6N7O6S2. The van der Waals surface area contributed by atoms with Gasteiger partial charge in [-0.1, -0.05) is 26.1 Å². The number of aromatic nitrogens is 2. The quantitative estimate of drug-likeness (QED) is 0.155. The zero-order valence-electron chi connectivity index (χ0n) is 24.2. The van der Waals surface area contributed by atoms with Crippen LogP contribution in [0.1, 0.15) is 31.7 Å². The largest absolute Gasteiger partial charge is 0.430 e. The van der Waals surface area contributed by atoms with E-state index in [0.717, 1.165) is 16.5 Å². The van der Waals surface area contributed by atoms with Crippen LogP contribution >= 0.6 is 12.2 Å². The van der Waals surface area contributed by atoms with Crippen LogP contribution in [0.4, 0.5) is 26.3 Å². The lowest BCUT2D eigenvalue weighted by Crippen LogP contribution is -2.68. The highest BCUT2D eigenvalue weighted by atomic mass is 32.2. The van der Waals surface area contributed by atoms with Gasteiger partial charge in [0.15, 0.2) is 5.82 Å². The SMILES string of the molecule is CC(C)C1C(=O)NCCN1C[C@@]1(c2ncc(C(O)(C(F)(F)F)C(F)(F)F)cn2)CN(S(=O)(=O)C2=CC([N+](=O)[O-])=CCC2=S)CCN1. The molecule has 3 heterocycles. The van der Waals surface area contributed by atoms with Gasteiger partial charge in [0.1, 0.15) is 10.4 Å². The zero-order valence-corrected chi connectivity index (χ0v) is 25.9. The Balaban J connectivity index is 1.82. The molecule has 3 N–H and O–H groups in total. The van der Waals surface area contributed by atoms with Crippen LogP contribution in [0, 0.1) is 16.0 Å². The summed E-state index contributed by atoms with van der Waals surface area (Å²) < 4.78 is 110. The van der Waals surface area contributed by atoms with E-state index in [1.807, 2.05) is 0 Å². The van der Waals surface area contributed by atoms with Gasteiger partial charge in [-0.25, -0.2) is 18.4 Å². The highest BCUT2D eigenvalue weighted by Crippen LogP contribution is 2.49. The molecule has 1 aliphatic carbocycles. The van der Waals surface area contributed by atoms with Crippen molar-refractivity contribution >= 4 is 33.0 Å². The van der Waals surface area contributed by atoms with Crippen molar-refractivity contribution in [3.8, 4) is 0 Å². The number of rotatable bonds is 8. The van der Waals surface area contributed by atoms with Crippen molar-refractivity contribution in [2.45, 2.75) is 49.8 Å². The van der Waals surface area contributed by atoms with Crippen LogP contribution in [0.25, 0.3) is 0 Å². The molecule has 3 aliphatic rings. The molecular weight excluding hydrogens is 672 g/mol. The van der Waals surface area contributed by atoms with Crippen LogP contribution in [-0.4, -0.2) is 106 Å². The van der Waals surface area contributed by atoms with E-state index in [0.29, 0.717) is 0 Å². The van der Waals surface area contributed by atoms with E-state index < -0.39 is 73.0 Å². The van der Waals surface area contributed by atoms with Gasteiger partial charge in [0.05, 0.1) is 11.0 Å². The summed E-state index contributed by atoms with van der Waals surface area (Å²) in [6.45, 7) is 2.77. The van der Waals surface area contributed by atoms with Gasteiger partial charge >= 0.3 is 12.4 Å². The standard InChI is InChI=1S/C25H29F6N7O6S2/c1-14(2)19-20(39)32-5-7-36(19)12-22(21-33-10-15(11-34-21)23(40,24(26,27)28)25(29,30)31)13-37(8-6-35-22)46(43,44)18-9-16(38(41)42)3-4-17(18)45/h3,9-11,14,19,35,40H,4-8,12-13H2,1-2H3,(H,32,39)/t19?,22-/m0/s1. The Morgan fingerprint density at radius 1 is 1.15 bits per heavy atom. The average molecular weight is 702 g/mol. The van der Waals surface area contributed by atoms with Crippen molar-refractivity contribution in [2.24, 2.45) is 5.92 Å².